The van der Waals surface area contributed by atoms with Crippen LogP contribution in [0, 0.1) is 17.1 Å². The Morgan fingerprint density at radius 2 is 1.90 bits per heavy atom. The molecule has 4 nitrogen and oxygen atoms in total. The first-order chi connectivity index (χ1) is 14.9. The van der Waals surface area contributed by atoms with Crippen LogP contribution in [0.25, 0.3) is 6.08 Å². The molecule has 0 aromatic heterocycles. The monoisotopic (exact) mass is 562 g/mol. The zero-order valence-electron chi connectivity index (χ0n) is 15.8. The Labute approximate surface area is 200 Å². The minimum atomic E-state index is -0.578. The third-order valence-electron chi connectivity index (χ3n) is 4.08. The van der Waals surface area contributed by atoms with E-state index in [1.54, 1.807) is 48.5 Å². The summed E-state index contributed by atoms with van der Waals surface area (Å²) in [5, 5.41) is 12.7. The smallest absolute Gasteiger partial charge is 0.266 e. The Morgan fingerprint density at radius 1 is 1.16 bits per heavy atom. The minimum Gasteiger partial charge on any atom is -0.487 e. The summed E-state index contributed by atoms with van der Waals surface area (Å²) in [6.07, 6.45) is 1.44. The zero-order chi connectivity index (χ0) is 22.4. The van der Waals surface area contributed by atoms with E-state index in [2.05, 4.69) is 37.2 Å². The highest BCUT2D eigenvalue weighted by atomic mass is 79.9. The lowest BCUT2D eigenvalue weighted by molar-refractivity contribution is -0.112. The van der Waals surface area contributed by atoms with Gasteiger partial charge in [-0.2, -0.15) is 5.26 Å². The van der Waals surface area contributed by atoms with Gasteiger partial charge in [0.05, 0.1) is 4.47 Å². The zero-order valence-corrected chi connectivity index (χ0v) is 19.8. The number of benzene rings is 3. The number of nitrogens with zero attached hydrogens (tertiary/aromatic N) is 1. The number of amides is 1. The van der Waals surface area contributed by atoms with Crippen molar-refractivity contribution in [3.8, 4) is 11.8 Å². The predicted molar refractivity (Wildman–Crippen MR) is 126 cm³/mol. The normalized spacial score (nSPS) is 11.0. The molecule has 0 fully saturated rings. The molecule has 0 aliphatic rings. The molecule has 1 amide bonds. The molecule has 8 heteroatoms. The molecule has 0 atom stereocenters. The van der Waals surface area contributed by atoms with E-state index in [0.29, 0.717) is 26.5 Å². The van der Waals surface area contributed by atoms with Crippen LogP contribution in [0.1, 0.15) is 11.1 Å². The average molecular weight is 565 g/mol. The van der Waals surface area contributed by atoms with E-state index in [1.807, 2.05) is 6.07 Å². The third kappa shape index (κ3) is 6.41. The summed E-state index contributed by atoms with van der Waals surface area (Å²) in [5.74, 6) is -0.470. The third-order valence-corrected chi connectivity index (χ3v) is 5.36. The first-order valence-electron chi connectivity index (χ1n) is 8.90. The van der Waals surface area contributed by atoms with Gasteiger partial charge in [0.25, 0.3) is 5.91 Å². The predicted octanol–water partition coefficient (Wildman–Crippen LogP) is 7.13. The fraction of sp³-hybridized carbons (Fsp3) is 0.0435. The summed E-state index contributed by atoms with van der Waals surface area (Å²) >= 11 is 12.8. The molecule has 0 radical (unpaired) electrons. The minimum absolute atomic E-state index is 0.114. The number of carbonyl (C=O) groups excluding carboxylic acids is 1. The number of halogens is 4. The van der Waals surface area contributed by atoms with Crippen LogP contribution in [0.3, 0.4) is 0 Å². The van der Waals surface area contributed by atoms with Crippen LogP contribution in [0.5, 0.6) is 5.75 Å². The topological polar surface area (TPSA) is 62.1 Å². The maximum absolute atomic E-state index is 13.1. The van der Waals surface area contributed by atoms with Crippen LogP contribution in [-0.2, 0) is 11.4 Å². The van der Waals surface area contributed by atoms with Crippen molar-refractivity contribution >= 4 is 61.1 Å². The van der Waals surface area contributed by atoms with E-state index in [-0.39, 0.29) is 18.0 Å². The first-order valence-corrected chi connectivity index (χ1v) is 10.9. The number of nitrogens with one attached hydrogen (secondary N) is 1. The maximum atomic E-state index is 13.1. The second-order valence-corrected chi connectivity index (χ2v) is 8.56. The number of nitriles is 1. The molecule has 0 spiro atoms. The Kier molecular flexibility index (Phi) is 7.85. The van der Waals surface area contributed by atoms with Crippen molar-refractivity contribution in [3.05, 3.63) is 97.1 Å². The SMILES string of the molecule is N#C/C(=C\c1cc(Br)cc(Br)c1OCc1ccc(F)cc1)C(=O)Nc1cccc(Cl)c1. The fourth-order valence-electron chi connectivity index (χ4n) is 2.64. The molecular weight excluding hydrogens is 551 g/mol. The summed E-state index contributed by atoms with van der Waals surface area (Å²) in [5.41, 5.74) is 1.64. The van der Waals surface area contributed by atoms with E-state index in [4.69, 9.17) is 16.3 Å². The van der Waals surface area contributed by atoms with Crippen molar-refractivity contribution in [1.82, 2.24) is 0 Å². The lowest BCUT2D eigenvalue weighted by atomic mass is 10.1. The highest BCUT2D eigenvalue weighted by Crippen LogP contribution is 2.35. The molecular formula is C23H14Br2ClFN2O2. The van der Waals surface area contributed by atoms with Gasteiger partial charge >= 0.3 is 0 Å². The van der Waals surface area contributed by atoms with Crippen molar-refractivity contribution in [3.63, 3.8) is 0 Å². The van der Waals surface area contributed by atoms with Gasteiger partial charge in [0.15, 0.2) is 0 Å². The van der Waals surface area contributed by atoms with Crippen molar-refractivity contribution in [2.75, 3.05) is 5.32 Å². The number of rotatable bonds is 6. The number of hydrogen-bond acceptors (Lipinski definition) is 3. The quantitative estimate of drug-likeness (QED) is 0.256. The molecule has 0 bridgehead atoms. The van der Waals surface area contributed by atoms with E-state index in [0.717, 1.165) is 10.0 Å². The highest BCUT2D eigenvalue weighted by Gasteiger charge is 2.15. The Balaban J connectivity index is 1.88. The summed E-state index contributed by atoms with van der Waals surface area (Å²) in [6.45, 7) is 0.179. The van der Waals surface area contributed by atoms with E-state index < -0.39 is 5.91 Å². The molecule has 0 saturated carbocycles. The van der Waals surface area contributed by atoms with Crippen LogP contribution in [0.4, 0.5) is 10.1 Å². The van der Waals surface area contributed by atoms with Gasteiger partial charge in [-0.1, -0.05) is 45.7 Å². The Bertz CT molecular complexity index is 1190. The van der Waals surface area contributed by atoms with Crippen LogP contribution in [0.2, 0.25) is 5.02 Å². The number of anilines is 1. The van der Waals surface area contributed by atoms with Gasteiger partial charge < -0.3 is 10.1 Å². The van der Waals surface area contributed by atoms with Gasteiger partial charge in [-0.15, -0.1) is 0 Å². The molecule has 3 aromatic carbocycles. The summed E-state index contributed by atoms with van der Waals surface area (Å²) in [4.78, 5) is 12.6. The fourth-order valence-corrected chi connectivity index (χ4v) is 4.21. The van der Waals surface area contributed by atoms with Crippen molar-refractivity contribution < 1.29 is 13.9 Å². The van der Waals surface area contributed by atoms with E-state index in [9.17, 15) is 14.4 Å². The molecule has 0 aliphatic carbocycles. The highest BCUT2D eigenvalue weighted by molar-refractivity contribution is 9.11. The molecule has 0 unspecified atom stereocenters. The second-order valence-electron chi connectivity index (χ2n) is 6.36. The lowest BCUT2D eigenvalue weighted by Gasteiger charge is -2.13. The average Bonchev–Trinajstić information content (AvgIpc) is 2.72. The number of ether oxygens (including phenoxy) is 1. The molecule has 156 valence electrons. The number of carbonyl (C=O) groups is 1. The van der Waals surface area contributed by atoms with Crippen LogP contribution < -0.4 is 10.1 Å². The second kappa shape index (κ2) is 10.6. The van der Waals surface area contributed by atoms with Gasteiger partial charge in [-0.25, -0.2) is 4.39 Å². The van der Waals surface area contributed by atoms with Crippen LogP contribution >= 0.6 is 43.5 Å². The van der Waals surface area contributed by atoms with Gasteiger partial charge in [-0.3, -0.25) is 4.79 Å². The molecule has 0 aliphatic heterocycles. The van der Waals surface area contributed by atoms with Crippen molar-refractivity contribution in [2.45, 2.75) is 6.61 Å². The standard InChI is InChI=1S/C23H14Br2ClFN2O2/c24-17-9-15(8-16(12-28)23(30)29-20-3-1-2-18(26)11-20)22(21(25)10-17)31-13-14-4-6-19(27)7-5-14/h1-11H,13H2,(H,29,30)/b16-8+. The first kappa shape index (κ1) is 23.0. The maximum Gasteiger partial charge on any atom is 0.266 e. The van der Waals surface area contributed by atoms with E-state index >= 15 is 0 Å². The molecule has 31 heavy (non-hydrogen) atoms. The van der Waals surface area contributed by atoms with Crippen LogP contribution in [0.15, 0.2) is 75.2 Å². The van der Waals surface area contributed by atoms with E-state index in [1.165, 1.54) is 18.2 Å². The van der Waals surface area contributed by atoms with Crippen LogP contribution in [-0.4, -0.2) is 5.91 Å². The lowest BCUT2D eigenvalue weighted by Crippen LogP contribution is -2.13. The van der Waals surface area contributed by atoms with Gasteiger partial charge in [-0.05, 0) is 70.0 Å². The largest absolute Gasteiger partial charge is 0.487 e. The summed E-state index contributed by atoms with van der Waals surface area (Å²) in [6, 6.07) is 18.0. The Morgan fingerprint density at radius 3 is 2.58 bits per heavy atom. The Hall–Kier alpha value is -2.66. The summed E-state index contributed by atoms with van der Waals surface area (Å²) < 4.78 is 20.4. The van der Waals surface area contributed by atoms with Gasteiger partial charge in [0.2, 0.25) is 0 Å². The van der Waals surface area contributed by atoms with Gasteiger partial charge in [0.1, 0.15) is 29.8 Å². The van der Waals surface area contributed by atoms with Crippen molar-refractivity contribution in [2.24, 2.45) is 0 Å². The molecule has 0 saturated heterocycles. The molecule has 3 aromatic rings. The molecule has 3 rings (SSSR count). The molecule has 0 heterocycles. The van der Waals surface area contributed by atoms with Gasteiger partial charge in [0, 0.05) is 20.7 Å². The molecule has 1 N–H and O–H groups in total. The number of hydrogen-bond donors (Lipinski definition) is 1. The van der Waals surface area contributed by atoms with Crippen molar-refractivity contribution in [1.29, 1.82) is 5.26 Å². The summed E-state index contributed by atoms with van der Waals surface area (Å²) in [7, 11) is 0.